The Morgan fingerprint density at radius 2 is 2.58 bits per heavy atom. The van der Waals surface area contributed by atoms with Gasteiger partial charge in [-0.2, -0.15) is 12.6 Å². The molecule has 0 aromatic carbocycles. The quantitative estimate of drug-likeness (QED) is 0.400. The van der Waals surface area contributed by atoms with E-state index in [0.717, 1.165) is 19.4 Å². The van der Waals surface area contributed by atoms with Crippen LogP contribution in [0.4, 0.5) is 0 Å². The molecular weight excluding hydrogens is 171 g/mol. The summed E-state index contributed by atoms with van der Waals surface area (Å²) in [7, 11) is 5.51. The Bertz CT molecular complexity index is 161. The second kappa shape index (κ2) is 4.77. The Balaban J connectivity index is 2.27. The van der Waals surface area contributed by atoms with E-state index in [2.05, 4.69) is 23.3 Å². The number of hydrogen-bond acceptors (Lipinski definition) is 3. The summed E-state index contributed by atoms with van der Waals surface area (Å²) in [4.78, 5) is 11.3. The van der Waals surface area contributed by atoms with Crippen LogP contribution in [0.3, 0.4) is 0 Å². The molecule has 1 fully saturated rings. The molecular formula is C7H13BN2OS. The Labute approximate surface area is 79.5 Å². The third-order valence-corrected chi connectivity index (χ3v) is 2.29. The number of amides is 1. The molecule has 3 nitrogen and oxygen atoms in total. The third-order valence-electron chi connectivity index (χ3n) is 1.90. The van der Waals surface area contributed by atoms with Crippen LogP contribution in [0.1, 0.15) is 12.8 Å². The average Bonchev–Trinajstić information content (AvgIpc) is 2.56. The lowest BCUT2D eigenvalue weighted by Gasteiger charge is -2.15. The molecule has 2 atom stereocenters. The number of hydrogen-bond donors (Lipinski definition) is 3. The summed E-state index contributed by atoms with van der Waals surface area (Å²) in [5, 5.41) is 5.76. The van der Waals surface area contributed by atoms with E-state index in [-0.39, 0.29) is 17.9 Å². The van der Waals surface area contributed by atoms with Gasteiger partial charge in [-0.05, 0) is 25.3 Å². The molecule has 0 bridgehead atoms. The Morgan fingerprint density at radius 3 is 3.08 bits per heavy atom. The molecule has 0 saturated carbocycles. The zero-order valence-corrected chi connectivity index (χ0v) is 7.81. The minimum absolute atomic E-state index is 0.00551. The molecule has 1 aliphatic heterocycles. The highest BCUT2D eigenvalue weighted by molar-refractivity contribution is 7.80. The van der Waals surface area contributed by atoms with Gasteiger partial charge in [0.25, 0.3) is 0 Å². The van der Waals surface area contributed by atoms with Crippen molar-refractivity contribution in [2.45, 2.75) is 24.8 Å². The maximum absolute atomic E-state index is 11.3. The maximum atomic E-state index is 11.3. The highest BCUT2D eigenvalue weighted by Gasteiger charge is 2.22. The SMILES string of the molecule is [B]C(CS)NC(=O)C1CCCN1. The molecule has 1 amide bonds. The lowest BCUT2D eigenvalue weighted by Crippen LogP contribution is -2.46. The van der Waals surface area contributed by atoms with Gasteiger partial charge in [0.05, 0.1) is 13.9 Å². The van der Waals surface area contributed by atoms with Crippen molar-refractivity contribution in [3.63, 3.8) is 0 Å². The molecule has 2 unspecified atom stereocenters. The van der Waals surface area contributed by atoms with Gasteiger partial charge < -0.3 is 10.6 Å². The van der Waals surface area contributed by atoms with Crippen molar-refractivity contribution in [2.75, 3.05) is 12.3 Å². The molecule has 0 spiro atoms. The van der Waals surface area contributed by atoms with Crippen LogP contribution in [0, 0.1) is 0 Å². The Kier molecular flexibility index (Phi) is 3.95. The number of carbonyl (C=O) groups excluding carboxylic acids is 1. The van der Waals surface area contributed by atoms with E-state index in [0.29, 0.717) is 5.75 Å². The second-order valence-corrected chi connectivity index (χ2v) is 3.31. The minimum atomic E-state index is -0.330. The molecule has 1 heterocycles. The van der Waals surface area contributed by atoms with E-state index < -0.39 is 0 Å². The van der Waals surface area contributed by atoms with Gasteiger partial charge in [0, 0.05) is 5.75 Å². The predicted molar refractivity (Wildman–Crippen MR) is 52.6 cm³/mol. The standard InChI is InChI=1S/C7H13BN2OS/c8-6(4-12)10-7(11)5-2-1-3-9-5/h5-6,9,12H,1-4H2,(H,10,11). The van der Waals surface area contributed by atoms with Gasteiger partial charge in [-0.1, -0.05) is 0 Å². The fourth-order valence-corrected chi connectivity index (χ4v) is 1.33. The topological polar surface area (TPSA) is 41.1 Å². The summed E-state index contributed by atoms with van der Waals surface area (Å²) in [6, 6.07) is -0.0454. The Hall–Kier alpha value is -0.155. The van der Waals surface area contributed by atoms with Crippen molar-refractivity contribution in [3.05, 3.63) is 0 Å². The molecule has 2 radical (unpaired) electrons. The van der Waals surface area contributed by atoms with Crippen molar-refractivity contribution in [1.82, 2.24) is 10.6 Å². The molecule has 1 rings (SSSR count). The molecule has 0 aromatic heterocycles. The summed E-state index contributed by atoms with van der Waals surface area (Å²) in [5.41, 5.74) is 0. The van der Waals surface area contributed by atoms with Crippen molar-refractivity contribution in [3.8, 4) is 0 Å². The van der Waals surface area contributed by atoms with Gasteiger partial charge in [0.2, 0.25) is 5.91 Å². The predicted octanol–water partition coefficient (Wildman–Crippen LogP) is -0.721. The van der Waals surface area contributed by atoms with Crippen LogP contribution in [-0.2, 0) is 4.79 Å². The molecule has 0 aliphatic carbocycles. The van der Waals surface area contributed by atoms with Crippen molar-refractivity contribution in [1.29, 1.82) is 0 Å². The summed E-state index contributed by atoms with van der Waals surface area (Å²) in [5.74, 6) is 0.135. The summed E-state index contributed by atoms with van der Waals surface area (Å²) in [6.45, 7) is 0.925. The monoisotopic (exact) mass is 184 g/mol. The van der Waals surface area contributed by atoms with E-state index in [4.69, 9.17) is 7.85 Å². The number of rotatable bonds is 3. The van der Waals surface area contributed by atoms with Gasteiger partial charge in [-0.25, -0.2) is 0 Å². The van der Waals surface area contributed by atoms with Crippen molar-refractivity contribution < 1.29 is 4.79 Å². The molecule has 2 N–H and O–H groups in total. The molecule has 12 heavy (non-hydrogen) atoms. The number of nitrogens with one attached hydrogen (secondary N) is 2. The van der Waals surface area contributed by atoms with Gasteiger partial charge in [0.15, 0.2) is 0 Å². The van der Waals surface area contributed by atoms with Crippen LogP contribution in [0.2, 0.25) is 0 Å². The van der Waals surface area contributed by atoms with Crippen LogP contribution in [0.5, 0.6) is 0 Å². The van der Waals surface area contributed by atoms with Crippen molar-refractivity contribution in [2.24, 2.45) is 0 Å². The third kappa shape index (κ3) is 2.71. The fourth-order valence-electron chi connectivity index (χ4n) is 1.24. The van der Waals surface area contributed by atoms with Gasteiger partial charge in [-0.3, -0.25) is 4.79 Å². The Morgan fingerprint density at radius 1 is 1.83 bits per heavy atom. The van der Waals surface area contributed by atoms with Gasteiger partial charge in [-0.15, -0.1) is 0 Å². The first kappa shape index (κ1) is 9.93. The summed E-state index contributed by atoms with van der Waals surface area (Å²) < 4.78 is 0. The van der Waals surface area contributed by atoms with Gasteiger partial charge >= 0.3 is 0 Å². The first-order chi connectivity index (χ1) is 5.74. The van der Waals surface area contributed by atoms with E-state index in [1.165, 1.54) is 0 Å². The number of thiol groups is 1. The normalized spacial score (nSPS) is 25.2. The van der Waals surface area contributed by atoms with E-state index in [9.17, 15) is 4.79 Å². The van der Waals surface area contributed by atoms with Crippen LogP contribution in [0.15, 0.2) is 0 Å². The van der Waals surface area contributed by atoms with E-state index in [1.54, 1.807) is 0 Å². The average molecular weight is 184 g/mol. The molecule has 0 aromatic rings. The highest BCUT2D eigenvalue weighted by atomic mass is 32.1. The largest absolute Gasteiger partial charge is 0.360 e. The van der Waals surface area contributed by atoms with Gasteiger partial charge in [0.1, 0.15) is 0 Å². The first-order valence-electron chi connectivity index (χ1n) is 4.14. The molecule has 1 aliphatic rings. The van der Waals surface area contributed by atoms with Crippen LogP contribution in [-0.4, -0.2) is 38.0 Å². The molecule has 1 saturated heterocycles. The maximum Gasteiger partial charge on any atom is 0.236 e. The second-order valence-electron chi connectivity index (χ2n) is 2.95. The number of carbonyl (C=O) groups is 1. The zero-order chi connectivity index (χ0) is 8.97. The molecule has 66 valence electrons. The summed E-state index contributed by atoms with van der Waals surface area (Å²) >= 11 is 3.97. The summed E-state index contributed by atoms with van der Waals surface area (Å²) in [6.07, 6.45) is 1.97. The lowest BCUT2D eigenvalue weighted by atomic mass is 9.98. The van der Waals surface area contributed by atoms with Crippen molar-refractivity contribution >= 4 is 26.4 Å². The zero-order valence-electron chi connectivity index (χ0n) is 6.92. The van der Waals surface area contributed by atoms with E-state index >= 15 is 0 Å². The molecule has 5 heteroatoms. The van der Waals surface area contributed by atoms with E-state index in [1.807, 2.05) is 0 Å². The van der Waals surface area contributed by atoms with Crippen LogP contribution < -0.4 is 10.6 Å². The van der Waals surface area contributed by atoms with Crippen LogP contribution in [0.25, 0.3) is 0 Å². The fraction of sp³-hybridized carbons (Fsp3) is 0.857. The minimum Gasteiger partial charge on any atom is -0.360 e. The highest BCUT2D eigenvalue weighted by Crippen LogP contribution is 2.04. The van der Waals surface area contributed by atoms with Crippen LogP contribution >= 0.6 is 12.6 Å². The first-order valence-corrected chi connectivity index (χ1v) is 4.77. The lowest BCUT2D eigenvalue weighted by molar-refractivity contribution is -0.122. The smallest absolute Gasteiger partial charge is 0.236 e.